The molecule has 2 aromatic heterocycles. The Morgan fingerprint density at radius 2 is 2.53 bits per heavy atom. The molecule has 0 saturated carbocycles. The Balaban J connectivity index is 2.32. The maximum absolute atomic E-state index is 5.41. The van der Waals surface area contributed by atoms with E-state index in [0.29, 0.717) is 0 Å². The van der Waals surface area contributed by atoms with Crippen molar-refractivity contribution in [1.82, 2.24) is 20.7 Å². The van der Waals surface area contributed by atoms with Gasteiger partial charge in [0.15, 0.2) is 0 Å². The Labute approximate surface area is 95.4 Å². The number of nitrogens with zero attached hydrogens (tertiary/aromatic N) is 2. The van der Waals surface area contributed by atoms with Crippen LogP contribution in [-0.4, -0.2) is 22.0 Å². The van der Waals surface area contributed by atoms with Crippen molar-refractivity contribution in [3.05, 3.63) is 34.5 Å². The van der Waals surface area contributed by atoms with Crippen LogP contribution in [0.4, 0.5) is 0 Å². The van der Waals surface area contributed by atoms with E-state index in [1.165, 1.54) is 0 Å². The van der Waals surface area contributed by atoms with Gasteiger partial charge in [0.2, 0.25) is 0 Å². The van der Waals surface area contributed by atoms with Crippen molar-refractivity contribution in [3.8, 4) is 0 Å². The molecule has 0 amide bonds. The summed E-state index contributed by atoms with van der Waals surface area (Å²) in [7, 11) is 0. The van der Waals surface area contributed by atoms with E-state index < -0.39 is 0 Å². The fourth-order valence-corrected chi connectivity index (χ4v) is 1.83. The number of halogens is 1. The number of aromatic amines is 1. The molecular weight excluding hydrogens is 260 g/mol. The zero-order chi connectivity index (χ0) is 10.7. The van der Waals surface area contributed by atoms with Gasteiger partial charge in [-0.2, -0.15) is 15.4 Å². The third-order valence-electron chi connectivity index (χ3n) is 2.04. The minimum atomic E-state index is -0.0712. The van der Waals surface area contributed by atoms with Gasteiger partial charge in [-0.1, -0.05) is 6.92 Å². The van der Waals surface area contributed by atoms with Crippen LogP contribution in [0.15, 0.2) is 27.4 Å². The van der Waals surface area contributed by atoms with Crippen molar-refractivity contribution in [1.29, 1.82) is 0 Å². The van der Waals surface area contributed by atoms with Gasteiger partial charge in [-0.15, -0.1) is 0 Å². The van der Waals surface area contributed by atoms with Crippen molar-refractivity contribution in [3.63, 3.8) is 0 Å². The van der Waals surface area contributed by atoms with Crippen LogP contribution in [0, 0.1) is 0 Å². The van der Waals surface area contributed by atoms with E-state index in [2.05, 4.69) is 36.7 Å². The Bertz CT molecular complexity index is 411. The second-order valence-electron chi connectivity index (χ2n) is 3.02. The fourth-order valence-electron chi connectivity index (χ4n) is 1.40. The van der Waals surface area contributed by atoms with Gasteiger partial charge in [0.25, 0.3) is 0 Å². The molecular formula is C9H11BrN4O. The molecule has 0 aliphatic rings. The maximum Gasteiger partial charge on any atom is 0.141 e. The number of hydrogen-bond acceptors (Lipinski definition) is 4. The Morgan fingerprint density at radius 3 is 3.07 bits per heavy atom. The summed E-state index contributed by atoms with van der Waals surface area (Å²) in [5, 5.41) is 13.7. The van der Waals surface area contributed by atoms with Crippen LogP contribution in [0.5, 0.6) is 0 Å². The van der Waals surface area contributed by atoms with Gasteiger partial charge in [-0.3, -0.25) is 0 Å². The molecule has 1 unspecified atom stereocenters. The highest BCUT2D eigenvalue weighted by Crippen LogP contribution is 2.27. The van der Waals surface area contributed by atoms with Gasteiger partial charge in [-0.05, 0) is 28.5 Å². The summed E-state index contributed by atoms with van der Waals surface area (Å²) in [6.07, 6.45) is 3.33. The first kappa shape index (κ1) is 10.4. The first-order valence-corrected chi connectivity index (χ1v) is 5.44. The number of nitrogens with one attached hydrogen (secondary N) is 2. The lowest BCUT2D eigenvalue weighted by molar-refractivity contribution is 0.444. The summed E-state index contributed by atoms with van der Waals surface area (Å²) in [6.45, 7) is 2.86. The standard InChI is InChI=1S/C9H11BrN4O/c1-2-11-8(7-5-12-14-13-7)9-6(10)3-4-15-9/h3-5,8,11H,2H2,1H3,(H,12,13,14). The van der Waals surface area contributed by atoms with Crippen molar-refractivity contribution in [2.45, 2.75) is 13.0 Å². The molecule has 1 atom stereocenters. The lowest BCUT2D eigenvalue weighted by Crippen LogP contribution is -2.22. The summed E-state index contributed by atoms with van der Waals surface area (Å²) in [5.74, 6) is 0.811. The van der Waals surface area contributed by atoms with Gasteiger partial charge in [0, 0.05) is 0 Å². The van der Waals surface area contributed by atoms with E-state index in [-0.39, 0.29) is 6.04 Å². The van der Waals surface area contributed by atoms with Gasteiger partial charge in [0.1, 0.15) is 17.5 Å². The molecule has 2 aromatic rings. The Kier molecular flexibility index (Phi) is 3.17. The van der Waals surface area contributed by atoms with Gasteiger partial charge in [0.05, 0.1) is 16.9 Å². The Hall–Kier alpha value is -1.14. The van der Waals surface area contributed by atoms with Gasteiger partial charge in [-0.25, -0.2) is 0 Å². The molecule has 0 saturated heterocycles. The molecule has 80 valence electrons. The molecule has 5 nitrogen and oxygen atoms in total. The van der Waals surface area contributed by atoms with E-state index in [4.69, 9.17) is 4.42 Å². The fraction of sp³-hybridized carbons (Fsp3) is 0.333. The largest absolute Gasteiger partial charge is 0.466 e. The van der Waals surface area contributed by atoms with Crippen LogP contribution in [0.1, 0.15) is 24.4 Å². The van der Waals surface area contributed by atoms with E-state index in [1.54, 1.807) is 12.5 Å². The molecule has 0 fully saturated rings. The van der Waals surface area contributed by atoms with Crippen molar-refractivity contribution in [2.24, 2.45) is 0 Å². The van der Waals surface area contributed by atoms with E-state index in [1.807, 2.05) is 13.0 Å². The second-order valence-corrected chi connectivity index (χ2v) is 3.87. The summed E-state index contributed by atoms with van der Waals surface area (Å²) in [6, 6.07) is 1.79. The average Bonchev–Trinajstić information content (AvgIpc) is 2.85. The van der Waals surface area contributed by atoms with Crippen molar-refractivity contribution < 1.29 is 4.42 Å². The van der Waals surface area contributed by atoms with Crippen molar-refractivity contribution in [2.75, 3.05) is 6.54 Å². The quantitative estimate of drug-likeness (QED) is 0.890. The highest BCUT2D eigenvalue weighted by Gasteiger charge is 2.21. The number of aromatic nitrogens is 3. The maximum atomic E-state index is 5.41. The smallest absolute Gasteiger partial charge is 0.141 e. The van der Waals surface area contributed by atoms with Crippen LogP contribution in [-0.2, 0) is 0 Å². The summed E-state index contributed by atoms with van der Waals surface area (Å²) in [5.41, 5.74) is 0.813. The zero-order valence-corrected chi connectivity index (χ0v) is 9.78. The lowest BCUT2D eigenvalue weighted by atomic mass is 10.1. The number of furan rings is 1. The molecule has 0 bridgehead atoms. The monoisotopic (exact) mass is 270 g/mol. The summed E-state index contributed by atoms with van der Waals surface area (Å²) >= 11 is 3.43. The van der Waals surface area contributed by atoms with E-state index in [0.717, 1.165) is 22.5 Å². The molecule has 6 heteroatoms. The van der Waals surface area contributed by atoms with Gasteiger partial charge < -0.3 is 9.73 Å². The third-order valence-corrected chi connectivity index (χ3v) is 2.70. The molecule has 2 N–H and O–H groups in total. The second kappa shape index (κ2) is 4.59. The van der Waals surface area contributed by atoms with Crippen LogP contribution in [0.25, 0.3) is 0 Å². The van der Waals surface area contributed by atoms with Crippen molar-refractivity contribution >= 4 is 15.9 Å². The van der Waals surface area contributed by atoms with Crippen LogP contribution in [0.2, 0.25) is 0 Å². The number of hydrogen-bond donors (Lipinski definition) is 2. The molecule has 0 aromatic carbocycles. The Morgan fingerprint density at radius 1 is 1.67 bits per heavy atom. The van der Waals surface area contributed by atoms with Crippen LogP contribution in [0.3, 0.4) is 0 Å². The number of H-pyrrole nitrogens is 1. The molecule has 0 spiro atoms. The molecule has 2 heterocycles. The summed E-state index contributed by atoms with van der Waals surface area (Å²) < 4.78 is 6.34. The predicted octanol–water partition coefficient (Wildman–Crippen LogP) is 1.86. The first-order valence-electron chi connectivity index (χ1n) is 4.65. The SMILES string of the molecule is CCNC(c1cn[nH]n1)c1occc1Br. The highest BCUT2D eigenvalue weighted by molar-refractivity contribution is 9.10. The van der Waals surface area contributed by atoms with E-state index >= 15 is 0 Å². The molecule has 2 rings (SSSR count). The predicted molar refractivity (Wildman–Crippen MR) is 58.3 cm³/mol. The first-order chi connectivity index (χ1) is 7.33. The average molecular weight is 271 g/mol. The molecule has 0 radical (unpaired) electrons. The molecule has 0 aliphatic carbocycles. The normalized spacial score (nSPS) is 12.9. The van der Waals surface area contributed by atoms with Gasteiger partial charge >= 0.3 is 0 Å². The summed E-state index contributed by atoms with van der Waals surface area (Å²) in [4.78, 5) is 0. The minimum absolute atomic E-state index is 0.0712. The van der Waals surface area contributed by atoms with E-state index in [9.17, 15) is 0 Å². The topological polar surface area (TPSA) is 66.7 Å². The zero-order valence-electron chi connectivity index (χ0n) is 8.20. The third kappa shape index (κ3) is 2.10. The van der Waals surface area contributed by atoms with Crippen LogP contribution < -0.4 is 5.32 Å². The van der Waals surface area contributed by atoms with Crippen LogP contribution >= 0.6 is 15.9 Å². The number of rotatable bonds is 4. The highest BCUT2D eigenvalue weighted by atomic mass is 79.9. The molecule has 15 heavy (non-hydrogen) atoms. The lowest BCUT2D eigenvalue weighted by Gasteiger charge is -2.12. The molecule has 0 aliphatic heterocycles. The minimum Gasteiger partial charge on any atom is -0.466 e.